The van der Waals surface area contributed by atoms with Crippen LogP contribution in [-0.4, -0.2) is 29.2 Å². The van der Waals surface area contributed by atoms with Crippen molar-refractivity contribution in [3.63, 3.8) is 0 Å². The van der Waals surface area contributed by atoms with Crippen LogP contribution in [0, 0.1) is 5.92 Å². The van der Waals surface area contributed by atoms with Crippen molar-refractivity contribution in [3.05, 3.63) is 29.8 Å². The SMILES string of the molecule is CC(C)NC(COc1ccc(CO)cc1)(C(N)=O)C1CC1. The maximum atomic E-state index is 12.0. The van der Waals surface area contributed by atoms with Gasteiger partial charge in [-0.1, -0.05) is 12.1 Å². The van der Waals surface area contributed by atoms with Gasteiger partial charge in [0.1, 0.15) is 17.9 Å². The van der Waals surface area contributed by atoms with Gasteiger partial charge in [-0.3, -0.25) is 10.1 Å². The van der Waals surface area contributed by atoms with Crippen LogP contribution in [0.1, 0.15) is 32.3 Å². The molecule has 1 atom stereocenters. The number of primary amides is 1. The second-order valence-electron chi connectivity index (χ2n) is 6.00. The molecule has 0 aromatic heterocycles. The summed E-state index contributed by atoms with van der Waals surface area (Å²) in [6, 6.07) is 7.33. The average Bonchev–Trinajstić information content (AvgIpc) is 3.28. The zero-order valence-electron chi connectivity index (χ0n) is 12.6. The average molecular weight is 292 g/mol. The van der Waals surface area contributed by atoms with Crippen molar-refractivity contribution >= 4 is 5.91 Å². The molecule has 21 heavy (non-hydrogen) atoms. The zero-order valence-corrected chi connectivity index (χ0v) is 12.6. The van der Waals surface area contributed by atoms with Gasteiger partial charge in [-0.2, -0.15) is 0 Å². The van der Waals surface area contributed by atoms with Crippen LogP contribution in [0.5, 0.6) is 5.75 Å². The summed E-state index contributed by atoms with van der Waals surface area (Å²) in [5.74, 6) is 0.559. The van der Waals surface area contributed by atoms with Gasteiger partial charge in [-0.15, -0.1) is 0 Å². The molecule has 1 saturated carbocycles. The van der Waals surface area contributed by atoms with Gasteiger partial charge < -0.3 is 15.6 Å². The minimum atomic E-state index is -0.802. The first-order valence-corrected chi connectivity index (χ1v) is 7.38. The Hall–Kier alpha value is -1.59. The highest BCUT2D eigenvalue weighted by Gasteiger charge is 2.50. The predicted molar refractivity (Wildman–Crippen MR) is 80.8 cm³/mol. The zero-order chi connectivity index (χ0) is 15.5. The van der Waals surface area contributed by atoms with Crippen molar-refractivity contribution in [2.24, 2.45) is 11.7 Å². The van der Waals surface area contributed by atoms with Crippen molar-refractivity contribution in [2.45, 2.75) is 44.9 Å². The van der Waals surface area contributed by atoms with Crippen molar-refractivity contribution < 1.29 is 14.6 Å². The van der Waals surface area contributed by atoms with Crippen LogP contribution >= 0.6 is 0 Å². The maximum absolute atomic E-state index is 12.0. The molecule has 1 aromatic rings. The number of ether oxygens (including phenoxy) is 1. The third-order valence-corrected chi connectivity index (χ3v) is 3.83. The largest absolute Gasteiger partial charge is 0.491 e. The second-order valence-corrected chi connectivity index (χ2v) is 6.00. The minimum absolute atomic E-state index is 0.00246. The van der Waals surface area contributed by atoms with Crippen LogP contribution in [0.4, 0.5) is 0 Å². The lowest BCUT2D eigenvalue weighted by molar-refractivity contribution is -0.127. The van der Waals surface area contributed by atoms with Gasteiger partial charge in [0.15, 0.2) is 0 Å². The molecule has 0 aliphatic heterocycles. The number of carbonyl (C=O) groups is 1. The molecule has 1 amide bonds. The van der Waals surface area contributed by atoms with Crippen molar-refractivity contribution in [3.8, 4) is 5.75 Å². The van der Waals surface area contributed by atoms with E-state index in [1.807, 2.05) is 13.8 Å². The first kappa shape index (κ1) is 15.8. The lowest BCUT2D eigenvalue weighted by Gasteiger charge is -2.33. The van der Waals surface area contributed by atoms with Crippen LogP contribution < -0.4 is 15.8 Å². The number of aliphatic hydroxyl groups excluding tert-OH is 1. The van der Waals surface area contributed by atoms with Crippen molar-refractivity contribution in [1.29, 1.82) is 0 Å². The highest BCUT2D eigenvalue weighted by Crippen LogP contribution is 2.40. The molecule has 1 fully saturated rings. The second kappa shape index (κ2) is 6.45. The third kappa shape index (κ3) is 3.74. The molecule has 5 nitrogen and oxygen atoms in total. The maximum Gasteiger partial charge on any atom is 0.241 e. The Kier molecular flexibility index (Phi) is 4.85. The summed E-state index contributed by atoms with van der Waals surface area (Å²) in [4.78, 5) is 12.0. The summed E-state index contributed by atoms with van der Waals surface area (Å²) < 4.78 is 5.79. The molecule has 4 N–H and O–H groups in total. The van der Waals surface area contributed by atoms with E-state index in [2.05, 4.69) is 5.32 Å². The number of hydrogen-bond acceptors (Lipinski definition) is 4. The number of nitrogens with two attached hydrogens (primary N) is 1. The normalized spacial score (nSPS) is 17.5. The summed E-state index contributed by atoms with van der Waals surface area (Å²) in [5.41, 5.74) is 5.68. The molecule has 116 valence electrons. The first-order chi connectivity index (χ1) is 9.98. The number of hydrogen-bond donors (Lipinski definition) is 3. The van der Waals surface area contributed by atoms with Gasteiger partial charge in [-0.05, 0) is 50.3 Å². The van der Waals surface area contributed by atoms with E-state index in [-0.39, 0.29) is 31.1 Å². The van der Waals surface area contributed by atoms with Gasteiger partial charge in [0.2, 0.25) is 5.91 Å². The summed E-state index contributed by atoms with van der Waals surface area (Å²) in [5, 5.41) is 12.3. The van der Waals surface area contributed by atoms with Gasteiger partial charge in [0.05, 0.1) is 6.61 Å². The molecule has 1 aliphatic rings. The van der Waals surface area contributed by atoms with E-state index in [9.17, 15) is 4.79 Å². The molecular formula is C16H24N2O3. The summed E-state index contributed by atoms with van der Waals surface area (Å²) in [6.45, 7) is 4.22. The first-order valence-electron chi connectivity index (χ1n) is 7.38. The van der Waals surface area contributed by atoms with Crippen LogP contribution in [0.2, 0.25) is 0 Å². The number of nitrogens with one attached hydrogen (secondary N) is 1. The van der Waals surface area contributed by atoms with Crippen LogP contribution in [0.25, 0.3) is 0 Å². The Labute approximate surface area is 125 Å². The number of benzene rings is 1. The number of amides is 1. The quantitative estimate of drug-likeness (QED) is 0.672. The molecule has 5 heteroatoms. The Bertz CT molecular complexity index is 483. The number of aliphatic hydroxyl groups is 1. The monoisotopic (exact) mass is 292 g/mol. The molecule has 0 saturated heterocycles. The molecule has 0 heterocycles. The van der Waals surface area contributed by atoms with Gasteiger partial charge >= 0.3 is 0 Å². The van der Waals surface area contributed by atoms with Crippen molar-refractivity contribution in [1.82, 2.24) is 5.32 Å². The van der Waals surface area contributed by atoms with Crippen molar-refractivity contribution in [2.75, 3.05) is 6.61 Å². The molecule has 2 rings (SSSR count). The van der Waals surface area contributed by atoms with E-state index < -0.39 is 5.54 Å². The Morgan fingerprint density at radius 1 is 1.43 bits per heavy atom. The van der Waals surface area contributed by atoms with Gasteiger partial charge in [0.25, 0.3) is 0 Å². The fourth-order valence-electron chi connectivity index (χ4n) is 2.60. The van der Waals surface area contributed by atoms with E-state index in [0.29, 0.717) is 5.75 Å². The van der Waals surface area contributed by atoms with Crippen LogP contribution in [-0.2, 0) is 11.4 Å². The topological polar surface area (TPSA) is 84.6 Å². The summed E-state index contributed by atoms with van der Waals surface area (Å²) in [6.07, 6.45) is 1.99. The fraction of sp³-hybridized carbons (Fsp3) is 0.562. The Morgan fingerprint density at radius 2 is 2.05 bits per heavy atom. The highest BCUT2D eigenvalue weighted by molar-refractivity contribution is 5.86. The molecule has 1 aliphatic carbocycles. The molecule has 0 bridgehead atoms. The fourth-order valence-corrected chi connectivity index (χ4v) is 2.60. The van der Waals surface area contributed by atoms with Gasteiger partial charge in [-0.25, -0.2) is 0 Å². The summed E-state index contributed by atoms with van der Waals surface area (Å²) >= 11 is 0. The minimum Gasteiger partial charge on any atom is -0.491 e. The Morgan fingerprint density at radius 3 is 2.48 bits per heavy atom. The van der Waals surface area contributed by atoms with E-state index in [4.69, 9.17) is 15.6 Å². The van der Waals surface area contributed by atoms with E-state index in [1.165, 1.54) is 0 Å². The van der Waals surface area contributed by atoms with E-state index in [0.717, 1.165) is 18.4 Å². The molecule has 1 unspecified atom stereocenters. The molecule has 0 radical (unpaired) electrons. The van der Waals surface area contributed by atoms with Crippen LogP contribution in [0.3, 0.4) is 0 Å². The molecule has 1 aromatic carbocycles. The highest BCUT2D eigenvalue weighted by atomic mass is 16.5. The Balaban J connectivity index is 2.09. The molecule has 0 spiro atoms. The lowest BCUT2D eigenvalue weighted by atomic mass is 9.92. The van der Waals surface area contributed by atoms with E-state index >= 15 is 0 Å². The lowest BCUT2D eigenvalue weighted by Crippen LogP contribution is -2.62. The predicted octanol–water partition coefficient (Wildman–Crippen LogP) is 1.19. The number of rotatable bonds is 8. The van der Waals surface area contributed by atoms with Crippen LogP contribution in [0.15, 0.2) is 24.3 Å². The molecular weight excluding hydrogens is 268 g/mol. The third-order valence-electron chi connectivity index (χ3n) is 3.83. The smallest absolute Gasteiger partial charge is 0.241 e. The summed E-state index contributed by atoms with van der Waals surface area (Å²) in [7, 11) is 0. The van der Waals surface area contributed by atoms with Gasteiger partial charge in [0, 0.05) is 6.04 Å². The number of carbonyl (C=O) groups excluding carboxylic acids is 1. The standard InChI is InChI=1S/C16H24N2O3/c1-11(2)18-16(15(17)20,13-5-6-13)10-21-14-7-3-12(9-19)4-8-14/h3-4,7-8,11,13,18-19H,5-6,9-10H2,1-2H3,(H2,17,20). The van der Waals surface area contributed by atoms with E-state index in [1.54, 1.807) is 24.3 Å².